The predicted molar refractivity (Wildman–Crippen MR) is 73.6 cm³/mol. The quantitative estimate of drug-likeness (QED) is 0.854. The summed E-state index contributed by atoms with van der Waals surface area (Å²) in [6.07, 6.45) is 1.43. The number of aromatic nitrogens is 1. The number of pyridine rings is 1. The van der Waals surface area contributed by atoms with Crippen LogP contribution in [0.4, 0.5) is 4.79 Å². The topological polar surface area (TPSA) is 77.5 Å². The van der Waals surface area contributed by atoms with Gasteiger partial charge in [0.15, 0.2) is 6.29 Å². The highest BCUT2D eigenvalue weighted by Gasteiger charge is 2.32. The van der Waals surface area contributed by atoms with Gasteiger partial charge in [-0.2, -0.15) is 0 Å². The third-order valence-corrected chi connectivity index (χ3v) is 2.50. The summed E-state index contributed by atoms with van der Waals surface area (Å²) in [5.74, 6) is 0.550. The summed E-state index contributed by atoms with van der Waals surface area (Å²) in [6, 6.07) is 3.24. The molecule has 1 unspecified atom stereocenters. The minimum atomic E-state index is -1.28. The van der Waals surface area contributed by atoms with E-state index in [-0.39, 0.29) is 0 Å². The lowest BCUT2D eigenvalue weighted by molar-refractivity contribution is -0.113. The van der Waals surface area contributed by atoms with Crippen LogP contribution in [0, 0.1) is 0 Å². The average Bonchev–Trinajstić information content (AvgIpc) is 2.36. The molecule has 0 spiro atoms. The molecule has 1 atom stereocenters. The van der Waals surface area contributed by atoms with Gasteiger partial charge in [-0.3, -0.25) is 4.98 Å². The molecule has 20 heavy (non-hydrogen) atoms. The number of hydrogen-bond donors (Lipinski definition) is 1. The number of aldehydes is 1. The van der Waals surface area contributed by atoms with E-state index in [0.717, 1.165) is 0 Å². The molecule has 0 aliphatic rings. The molecule has 0 aliphatic heterocycles. The van der Waals surface area contributed by atoms with Crippen LogP contribution in [0.15, 0.2) is 18.3 Å². The van der Waals surface area contributed by atoms with E-state index < -0.39 is 17.2 Å². The smallest absolute Gasteiger partial charge is 0.408 e. The Bertz CT molecular complexity index is 496. The molecule has 1 heterocycles. The van der Waals surface area contributed by atoms with Crippen molar-refractivity contribution in [2.45, 2.75) is 38.8 Å². The lowest BCUT2D eigenvalue weighted by atomic mass is 9.99. The maximum absolute atomic E-state index is 11.8. The number of nitrogens with one attached hydrogen (secondary N) is 1. The van der Waals surface area contributed by atoms with Crippen LogP contribution in [-0.2, 0) is 15.1 Å². The van der Waals surface area contributed by atoms with Crippen molar-refractivity contribution in [1.29, 1.82) is 0 Å². The van der Waals surface area contributed by atoms with E-state index in [0.29, 0.717) is 17.7 Å². The zero-order valence-electron chi connectivity index (χ0n) is 12.4. The van der Waals surface area contributed by atoms with Crippen molar-refractivity contribution in [3.8, 4) is 5.75 Å². The first kappa shape index (κ1) is 15.9. The molecule has 1 amide bonds. The molecule has 6 heteroatoms. The zero-order chi connectivity index (χ0) is 15.4. The van der Waals surface area contributed by atoms with Crippen molar-refractivity contribution < 1.29 is 19.1 Å². The molecule has 0 saturated carbocycles. The van der Waals surface area contributed by atoms with Gasteiger partial charge in [-0.25, -0.2) is 4.79 Å². The first-order chi connectivity index (χ1) is 9.20. The summed E-state index contributed by atoms with van der Waals surface area (Å²) in [7, 11) is 1.51. The molecule has 0 bridgehead atoms. The first-order valence-corrected chi connectivity index (χ1v) is 6.18. The van der Waals surface area contributed by atoms with Crippen LogP contribution in [-0.4, -0.2) is 30.1 Å². The zero-order valence-corrected chi connectivity index (χ0v) is 12.4. The highest BCUT2D eigenvalue weighted by molar-refractivity contribution is 5.77. The van der Waals surface area contributed by atoms with Crippen LogP contribution < -0.4 is 10.1 Å². The number of alkyl carbamates (subject to hydrolysis) is 1. The minimum Gasteiger partial charge on any atom is -0.497 e. The average molecular weight is 280 g/mol. The van der Waals surface area contributed by atoms with Crippen LogP contribution in [0.5, 0.6) is 5.75 Å². The Hall–Kier alpha value is -2.11. The normalized spacial score (nSPS) is 14.1. The molecule has 0 aliphatic carbocycles. The van der Waals surface area contributed by atoms with Crippen LogP contribution in [0.25, 0.3) is 0 Å². The number of nitrogens with zero attached hydrogens (tertiary/aromatic N) is 1. The van der Waals surface area contributed by atoms with Crippen molar-refractivity contribution in [3.05, 3.63) is 24.0 Å². The van der Waals surface area contributed by atoms with E-state index in [9.17, 15) is 9.59 Å². The number of carbonyl (C=O) groups excluding carboxylic acids is 2. The van der Waals surface area contributed by atoms with Crippen molar-refractivity contribution >= 4 is 12.4 Å². The van der Waals surface area contributed by atoms with Gasteiger partial charge in [-0.15, -0.1) is 0 Å². The van der Waals surface area contributed by atoms with E-state index >= 15 is 0 Å². The van der Waals surface area contributed by atoms with E-state index in [2.05, 4.69) is 10.3 Å². The molecular weight excluding hydrogens is 260 g/mol. The number of hydrogen-bond acceptors (Lipinski definition) is 5. The highest BCUT2D eigenvalue weighted by Crippen LogP contribution is 2.21. The fraction of sp³-hybridized carbons (Fsp3) is 0.500. The first-order valence-electron chi connectivity index (χ1n) is 6.18. The maximum Gasteiger partial charge on any atom is 0.408 e. The van der Waals surface area contributed by atoms with Crippen LogP contribution in [0.1, 0.15) is 33.4 Å². The summed E-state index contributed by atoms with van der Waals surface area (Å²) in [6.45, 7) is 6.78. The van der Waals surface area contributed by atoms with Crippen molar-refractivity contribution in [2.24, 2.45) is 0 Å². The van der Waals surface area contributed by atoms with Crippen LogP contribution in [0.3, 0.4) is 0 Å². The molecule has 6 nitrogen and oxygen atoms in total. The molecule has 0 fully saturated rings. The Kier molecular flexibility index (Phi) is 4.70. The third kappa shape index (κ3) is 4.22. The standard InChI is InChI=1S/C14H20N2O4/c1-13(2,3)20-12(18)16-14(4,9-17)11-8-10(19-5)6-7-15-11/h6-9H,1-5H3,(H,16,18). The summed E-state index contributed by atoms with van der Waals surface area (Å²) in [4.78, 5) is 27.3. The van der Waals surface area contributed by atoms with Gasteiger partial charge < -0.3 is 19.6 Å². The Morgan fingerprint density at radius 1 is 1.35 bits per heavy atom. The summed E-state index contributed by atoms with van der Waals surface area (Å²) in [5, 5.41) is 2.52. The molecule has 0 aromatic carbocycles. The second-order valence-corrected chi connectivity index (χ2v) is 5.53. The van der Waals surface area contributed by atoms with Crippen molar-refractivity contribution in [3.63, 3.8) is 0 Å². The van der Waals surface area contributed by atoms with Crippen LogP contribution >= 0.6 is 0 Å². The third-order valence-electron chi connectivity index (χ3n) is 2.50. The number of carbonyl (C=O) groups is 2. The molecule has 1 rings (SSSR count). The van der Waals surface area contributed by atoms with E-state index in [4.69, 9.17) is 9.47 Å². The van der Waals surface area contributed by atoms with Gasteiger partial charge in [-0.1, -0.05) is 0 Å². The molecule has 1 aromatic heterocycles. The summed E-state index contributed by atoms with van der Waals surface area (Å²) < 4.78 is 10.2. The second kappa shape index (κ2) is 5.90. The number of rotatable bonds is 4. The Balaban J connectivity index is 2.96. The number of amides is 1. The fourth-order valence-electron chi connectivity index (χ4n) is 1.49. The molecule has 0 radical (unpaired) electrons. The molecule has 1 aromatic rings. The van der Waals surface area contributed by atoms with E-state index in [1.165, 1.54) is 13.3 Å². The predicted octanol–water partition coefficient (Wildman–Crippen LogP) is 2.03. The second-order valence-electron chi connectivity index (χ2n) is 5.53. The van der Waals surface area contributed by atoms with Gasteiger partial charge in [0.25, 0.3) is 0 Å². The van der Waals surface area contributed by atoms with E-state index in [1.807, 2.05) is 0 Å². The van der Waals surface area contributed by atoms with Crippen LogP contribution in [0.2, 0.25) is 0 Å². The van der Waals surface area contributed by atoms with Gasteiger partial charge in [-0.05, 0) is 33.8 Å². The summed E-state index contributed by atoms with van der Waals surface area (Å²) in [5.41, 5.74) is -1.55. The van der Waals surface area contributed by atoms with E-state index in [1.54, 1.807) is 39.8 Å². The lowest BCUT2D eigenvalue weighted by Crippen LogP contribution is -2.47. The van der Waals surface area contributed by atoms with Gasteiger partial charge in [0.1, 0.15) is 16.9 Å². The number of methoxy groups -OCH3 is 1. The van der Waals surface area contributed by atoms with Crippen molar-refractivity contribution in [1.82, 2.24) is 10.3 Å². The Labute approximate surface area is 118 Å². The molecule has 0 saturated heterocycles. The minimum absolute atomic E-state index is 0.373. The van der Waals surface area contributed by atoms with Gasteiger partial charge in [0, 0.05) is 12.3 Å². The SMILES string of the molecule is COc1ccnc(C(C)(C=O)NC(=O)OC(C)(C)C)c1. The number of ether oxygens (including phenoxy) is 2. The maximum atomic E-state index is 11.8. The largest absolute Gasteiger partial charge is 0.497 e. The summed E-state index contributed by atoms with van der Waals surface area (Å²) >= 11 is 0. The Morgan fingerprint density at radius 3 is 2.50 bits per heavy atom. The molecule has 1 N–H and O–H groups in total. The molecular formula is C14H20N2O4. The monoisotopic (exact) mass is 280 g/mol. The highest BCUT2D eigenvalue weighted by atomic mass is 16.6. The van der Waals surface area contributed by atoms with Crippen molar-refractivity contribution in [2.75, 3.05) is 7.11 Å². The lowest BCUT2D eigenvalue weighted by Gasteiger charge is -2.27. The fourth-order valence-corrected chi connectivity index (χ4v) is 1.49. The Morgan fingerprint density at radius 2 is 2.00 bits per heavy atom. The van der Waals surface area contributed by atoms with Gasteiger partial charge >= 0.3 is 6.09 Å². The van der Waals surface area contributed by atoms with Gasteiger partial charge in [0.2, 0.25) is 0 Å². The molecule has 110 valence electrons. The van der Waals surface area contributed by atoms with Gasteiger partial charge in [0.05, 0.1) is 12.8 Å².